The van der Waals surface area contributed by atoms with E-state index in [2.05, 4.69) is 0 Å². The van der Waals surface area contributed by atoms with E-state index < -0.39 is 0 Å². The van der Waals surface area contributed by atoms with Crippen LogP contribution in [0.15, 0.2) is 11.3 Å². The second-order valence-corrected chi connectivity index (χ2v) is 4.41. The summed E-state index contributed by atoms with van der Waals surface area (Å²) >= 11 is 0. The molecule has 0 saturated heterocycles. The summed E-state index contributed by atoms with van der Waals surface area (Å²) in [7, 11) is 0. The van der Waals surface area contributed by atoms with Gasteiger partial charge in [0.15, 0.2) is 5.78 Å². The monoisotopic (exact) mass is 180 g/mol. The Labute approximate surface area is 78.6 Å². The Morgan fingerprint density at radius 2 is 1.85 bits per heavy atom. The maximum absolute atomic E-state index is 11.4. The number of ketones is 1. The number of hydrogen-bond acceptors (Lipinski definition) is 2. The number of Topliss-reactive ketones (excluding diaryl/α,β-unsaturated/α-hetero) is 1. The molecule has 0 atom stereocenters. The second kappa shape index (κ2) is 2.86. The third-order valence-corrected chi connectivity index (χ3v) is 3.59. The second-order valence-electron chi connectivity index (χ2n) is 4.41. The predicted octanol–water partition coefficient (Wildman–Crippen LogP) is 2.74. The van der Waals surface area contributed by atoms with Crippen LogP contribution in [0.5, 0.6) is 0 Å². The lowest BCUT2D eigenvalue weighted by molar-refractivity contribution is -0.116. The zero-order chi connectivity index (χ0) is 9.47. The molecule has 1 saturated carbocycles. The molecule has 2 rings (SSSR count). The van der Waals surface area contributed by atoms with Crippen LogP contribution in [0.3, 0.4) is 0 Å². The molecule has 0 unspecified atom stereocenters. The minimum Gasteiger partial charge on any atom is -0.511 e. The minimum absolute atomic E-state index is 0.139. The molecular formula is C11H16O2. The number of hydrogen-bond donors (Lipinski definition) is 1. The highest BCUT2D eigenvalue weighted by molar-refractivity contribution is 5.98. The first-order chi connectivity index (χ1) is 6.16. The van der Waals surface area contributed by atoms with Gasteiger partial charge in [-0.2, -0.15) is 0 Å². The van der Waals surface area contributed by atoms with Crippen molar-refractivity contribution in [2.24, 2.45) is 5.41 Å². The van der Waals surface area contributed by atoms with Crippen LogP contribution in [0.25, 0.3) is 0 Å². The van der Waals surface area contributed by atoms with Crippen LogP contribution in [0.2, 0.25) is 0 Å². The quantitative estimate of drug-likeness (QED) is 0.622. The minimum atomic E-state index is -0.139. The summed E-state index contributed by atoms with van der Waals surface area (Å²) < 4.78 is 0. The number of aliphatic hydroxyl groups excluding tert-OH is 1. The maximum Gasteiger partial charge on any atom is 0.162 e. The summed E-state index contributed by atoms with van der Waals surface area (Å²) in [5, 5.41) is 9.90. The Kier molecular flexibility index (Phi) is 1.94. The van der Waals surface area contributed by atoms with Gasteiger partial charge < -0.3 is 5.11 Å². The van der Waals surface area contributed by atoms with Gasteiger partial charge in [0, 0.05) is 17.4 Å². The Balaban J connectivity index is 2.30. The predicted molar refractivity (Wildman–Crippen MR) is 50.5 cm³/mol. The molecule has 1 N–H and O–H groups in total. The molecule has 0 heterocycles. The van der Waals surface area contributed by atoms with Gasteiger partial charge >= 0.3 is 0 Å². The van der Waals surface area contributed by atoms with Gasteiger partial charge in [0.1, 0.15) is 5.76 Å². The standard InChI is InChI=1S/C11H16O2/c1-8-9(12)7-11(10(8)13)5-3-2-4-6-11/h13H,2-7H2,1H3. The van der Waals surface area contributed by atoms with Crippen LogP contribution in [-0.2, 0) is 4.79 Å². The van der Waals surface area contributed by atoms with Gasteiger partial charge in [-0.1, -0.05) is 19.3 Å². The highest BCUT2D eigenvalue weighted by atomic mass is 16.3. The van der Waals surface area contributed by atoms with Crippen LogP contribution in [0.1, 0.15) is 45.4 Å². The summed E-state index contributed by atoms with van der Waals surface area (Å²) in [4.78, 5) is 11.4. The Morgan fingerprint density at radius 1 is 1.23 bits per heavy atom. The average molecular weight is 180 g/mol. The molecule has 2 aliphatic rings. The number of allylic oxidation sites excluding steroid dienone is 2. The highest BCUT2D eigenvalue weighted by Crippen LogP contribution is 2.49. The zero-order valence-electron chi connectivity index (χ0n) is 8.10. The van der Waals surface area contributed by atoms with Crippen LogP contribution >= 0.6 is 0 Å². The molecule has 2 aliphatic carbocycles. The molecule has 0 aromatic rings. The van der Waals surface area contributed by atoms with E-state index in [9.17, 15) is 9.90 Å². The van der Waals surface area contributed by atoms with Crippen LogP contribution in [0.4, 0.5) is 0 Å². The van der Waals surface area contributed by atoms with Crippen molar-refractivity contribution in [3.8, 4) is 0 Å². The molecule has 1 fully saturated rings. The van der Waals surface area contributed by atoms with Crippen molar-refractivity contribution in [1.29, 1.82) is 0 Å². The SMILES string of the molecule is CC1=C(O)C2(CCCCC2)CC1=O. The smallest absolute Gasteiger partial charge is 0.162 e. The van der Waals surface area contributed by atoms with E-state index in [0.29, 0.717) is 17.8 Å². The molecule has 0 aromatic carbocycles. The highest BCUT2D eigenvalue weighted by Gasteiger charge is 2.44. The van der Waals surface area contributed by atoms with Crippen molar-refractivity contribution in [2.75, 3.05) is 0 Å². The van der Waals surface area contributed by atoms with Crippen LogP contribution in [0, 0.1) is 5.41 Å². The molecule has 2 heteroatoms. The van der Waals surface area contributed by atoms with Crippen LogP contribution < -0.4 is 0 Å². The van der Waals surface area contributed by atoms with Crippen LogP contribution in [-0.4, -0.2) is 10.9 Å². The fraction of sp³-hybridized carbons (Fsp3) is 0.727. The molecule has 72 valence electrons. The summed E-state index contributed by atoms with van der Waals surface area (Å²) in [6.45, 7) is 1.75. The largest absolute Gasteiger partial charge is 0.511 e. The van der Waals surface area contributed by atoms with Crippen molar-refractivity contribution in [1.82, 2.24) is 0 Å². The molecule has 0 aliphatic heterocycles. The number of aliphatic hydroxyl groups is 1. The van der Waals surface area contributed by atoms with Gasteiger partial charge in [0.2, 0.25) is 0 Å². The summed E-state index contributed by atoms with van der Waals surface area (Å²) in [6.07, 6.45) is 6.13. The van der Waals surface area contributed by atoms with Crippen molar-refractivity contribution in [3.05, 3.63) is 11.3 Å². The molecule has 2 nitrogen and oxygen atoms in total. The van der Waals surface area contributed by atoms with Gasteiger partial charge in [-0.25, -0.2) is 0 Å². The molecule has 13 heavy (non-hydrogen) atoms. The van der Waals surface area contributed by atoms with E-state index in [4.69, 9.17) is 0 Å². The summed E-state index contributed by atoms with van der Waals surface area (Å²) in [5.41, 5.74) is 0.473. The van der Waals surface area contributed by atoms with E-state index >= 15 is 0 Å². The molecule has 0 radical (unpaired) electrons. The first-order valence-corrected chi connectivity index (χ1v) is 5.09. The molecule has 0 aromatic heterocycles. The van der Waals surface area contributed by atoms with Gasteiger partial charge in [-0.15, -0.1) is 0 Å². The lowest BCUT2D eigenvalue weighted by atomic mass is 9.72. The van der Waals surface area contributed by atoms with Crippen molar-refractivity contribution in [3.63, 3.8) is 0 Å². The fourth-order valence-electron chi connectivity index (χ4n) is 2.70. The van der Waals surface area contributed by atoms with Gasteiger partial charge in [0.05, 0.1) is 0 Å². The Hall–Kier alpha value is -0.790. The van der Waals surface area contributed by atoms with E-state index in [1.807, 2.05) is 0 Å². The van der Waals surface area contributed by atoms with Gasteiger partial charge in [-0.3, -0.25) is 4.79 Å². The molecule has 1 spiro atoms. The van der Waals surface area contributed by atoms with E-state index in [0.717, 1.165) is 25.7 Å². The topological polar surface area (TPSA) is 37.3 Å². The summed E-state index contributed by atoms with van der Waals surface area (Å²) in [6, 6.07) is 0. The third kappa shape index (κ3) is 1.19. The average Bonchev–Trinajstić information content (AvgIpc) is 2.33. The lowest BCUT2D eigenvalue weighted by Crippen LogP contribution is -2.24. The first kappa shape index (κ1) is 8.79. The Morgan fingerprint density at radius 3 is 2.31 bits per heavy atom. The number of carbonyl (C=O) groups excluding carboxylic acids is 1. The van der Waals surface area contributed by atoms with Crippen molar-refractivity contribution in [2.45, 2.75) is 45.4 Å². The van der Waals surface area contributed by atoms with Gasteiger partial charge in [0.25, 0.3) is 0 Å². The summed E-state index contributed by atoms with van der Waals surface area (Å²) in [5.74, 6) is 0.552. The lowest BCUT2D eigenvalue weighted by Gasteiger charge is -2.32. The van der Waals surface area contributed by atoms with Crippen molar-refractivity contribution < 1.29 is 9.90 Å². The fourth-order valence-corrected chi connectivity index (χ4v) is 2.70. The molecule has 0 amide bonds. The van der Waals surface area contributed by atoms with E-state index in [1.165, 1.54) is 6.42 Å². The van der Waals surface area contributed by atoms with E-state index in [1.54, 1.807) is 6.92 Å². The normalized spacial score (nSPS) is 27.3. The Bertz CT molecular complexity index is 270. The van der Waals surface area contributed by atoms with E-state index in [-0.39, 0.29) is 11.2 Å². The zero-order valence-corrected chi connectivity index (χ0v) is 8.10. The molecular weight excluding hydrogens is 164 g/mol. The molecule has 0 bridgehead atoms. The number of rotatable bonds is 0. The number of carbonyl (C=O) groups is 1. The van der Waals surface area contributed by atoms with Gasteiger partial charge in [-0.05, 0) is 19.8 Å². The maximum atomic E-state index is 11.4. The van der Waals surface area contributed by atoms with Crippen molar-refractivity contribution >= 4 is 5.78 Å². The third-order valence-electron chi connectivity index (χ3n) is 3.59. The first-order valence-electron chi connectivity index (χ1n) is 5.09.